The number of aliphatic hydroxyl groups excluding tert-OH is 3. The molecule has 1 radical (unpaired) electrons. The monoisotopic (exact) mass is 133 g/mol. The van der Waals surface area contributed by atoms with E-state index in [2.05, 4.69) is 0 Å². The lowest BCUT2D eigenvalue weighted by molar-refractivity contribution is 0.0575. The third-order valence-corrected chi connectivity index (χ3v) is 1.11. The Hall–Kier alpha value is -0.120. The first kappa shape index (κ1) is 8.88. The first-order chi connectivity index (χ1) is 4.22. The molecule has 0 aromatic carbocycles. The summed E-state index contributed by atoms with van der Waals surface area (Å²) in [6.45, 7) is 1.45. The van der Waals surface area contributed by atoms with Gasteiger partial charge < -0.3 is 15.3 Å². The largest absolute Gasteiger partial charge is 0.393 e. The standard InChI is InChI=1S/C6H13O3/c1-2-3-5(8)6(9)4-7/h5,7-9H,2-4H2,1H3. The van der Waals surface area contributed by atoms with Crippen molar-refractivity contribution in [2.45, 2.75) is 25.9 Å². The molecule has 0 aromatic rings. The molecule has 3 heteroatoms. The summed E-state index contributed by atoms with van der Waals surface area (Å²) in [4.78, 5) is 0. The van der Waals surface area contributed by atoms with E-state index in [1.807, 2.05) is 6.92 Å². The Kier molecular flexibility index (Phi) is 4.67. The van der Waals surface area contributed by atoms with E-state index in [1.54, 1.807) is 0 Å². The van der Waals surface area contributed by atoms with Crippen LogP contribution in [-0.2, 0) is 0 Å². The molecule has 3 N–H and O–H groups in total. The summed E-state index contributed by atoms with van der Waals surface area (Å²) in [5.74, 6) is 0. The Morgan fingerprint density at radius 3 is 2.44 bits per heavy atom. The summed E-state index contributed by atoms with van der Waals surface area (Å²) in [5.41, 5.74) is 0. The summed E-state index contributed by atoms with van der Waals surface area (Å²) in [5, 5.41) is 25.8. The van der Waals surface area contributed by atoms with Crippen molar-refractivity contribution in [3.05, 3.63) is 6.10 Å². The molecule has 1 unspecified atom stereocenters. The van der Waals surface area contributed by atoms with Crippen LogP contribution in [0.2, 0.25) is 0 Å². The zero-order valence-corrected chi connectivity index (χ0v) is 5.54. The van der Waals surface area contributed by atoms with Crippen molar-refractivity contribution in [1.29, 1.82) is 0 Å². The molecule has 0 bridgehead atoms. The van der Waals surface area contributed by atoms with E-state index >= 15 is 0 Å². The van der Waals surface area contributed by atoms with Crippen LogP contribution in [0.25, 0.3) is 0 Å². The van der Waals surface area contributed by atoms with Crippen LogP contribution >= 0.6 is 0 Å². The Balaban J connectivity index is 3.32. The highest BCUT2D eigenvalue weighted by atomic mass is 16.4. The third-order valence-electron chi connectivity index (χ3n) is 1.11. The van der Waals surface area contributed by atoms with Gasteiger partial charge in [0.2, 0.25) is 0 Å². The van der Waals surface area contributed by atoms with Crippen LogP contribution in [0.3, 0.4) is 0 Å². The summed E-state index contributed by atoms with van der Waals surface area (Å²) >= 11 is 0. The van der Waals surface area contributed by atoms with Crippen LogP contribution in [-0.4, -0.2) is 28.0 Å². The van der Waals surface area contributed by atoms with Crippen LogP contribution in [0.5, 0.6) is 0 Å². The van der Waals surface area contributed by atoms with Gasteiger partial charge in [-0.1, -0.05) is 13.3 Å². The molecule has 0 rings (SSSR count). The van der Waals surface area contributed by atoms with E-state index in [0.29, 0.717) is 6.42 Å². The van der Waals surface area contributed by atoms with E-state index in [4.69, 9.17) is 15.3 Å². The van der Waals surface area contributed by atoms with Crippen LogP contribution in [0.4, 0.5) is 0 Å². The fraction of sp³-hybridized carbons (Fsp3) is 0.833. The van der Waals surface area contributed by atoms with Crippen molar-refractivity contribution in [2.75, 3.05) is 6.61 Å². The van der Waals surface area contributed by atoms with Gasteiger partial charge in [-0.05, 0) is 6.42 Å². The molecule has 1 atom stereocenters. The Morgan fingerprint density at radius 1 is 1.56 bits per heavy atom. The molecule has 55 valence electrons. The normalized spacial score (nSPS) is 14.3. The second-order valence-corrected chi connectivity index (χ2v) is 1.95. The Morgan fingerprint density at radius 2 is 2.11 bits per heavy atom. The van der Waals surface area contributed by atoms with Crippen molar-refractivity contribution >= 4 is 0 Å². The van der Waals surface area contributed by atoms with Crippen LogP contribution in [0, 0.1) is 6.10 Å². The minimum absolute atomic E-state index is 0.239. The molecule has 0 aliphatic rings. The average Bonchev–Trinajstić information content (AvgIpc) is 1.87. The molecule has 0 heterocycles. The van der Waals surface area contributed by atoms with Crippen molar-refractivity contribution in [2.24, 2.45) is 0 Å². The quantitative estimate of drug-likeness (QED) is 0.507. The molecule has 0 aliphatic heterocycles. The molecule has 0 saturated carbocycles. The zero-order chi connectivity index (χ0) is 7.28. The molecule has 9 heavy (non-hydrogen) atoms. The maximum Gasteiger partial charge on any atom is 0.147 e. The first-order valence-electron chi connectivity index (χ1n) is 3.06. The molecule has 0 spiro atoms. The second kappa shape index (κ2) is 4.73. The highest BCUT2D eigenvalue weighted by Crippen LogP contribution is 2.06. The van der Waals surface area contributed by atoms with Gasteiger partial charge in [0.05, 0.1) is 12.7 Å². The van der Waals surface area contributed by atoms with Gasteiger partial charge in [-0.3, -0.25) is 0 Å². The second-order valence-electron chi connectivity index (χ2n) is 1.95. The number of rotatable bonds is 4. The maximum absolute atomic E-state index is 8.87. The van der Waals surface area contributed by atoms with Crippen molar-refractivity contribution < 1.29 is 15.3 Å². The van der Waals surface area contributed by atoms with E-state index in [-0.39, 0.29) is 6.10 Å². The number of aliphatic hydroxyl groups is 3. The lowest BCUT2D eigenvalue weighted by Gasteiger charge is -2.11. The average molecular weight is 133 g/mol. The van der Waals surface area contributed by atoms with Crippen molar-refractivity contribution in [3.8, 4) is 0 Å². The van der Waals surface area contributed by atoms with Crippen LogP contribution < -0.4 is 0 Å². The van der Waals surface area contributed by atoms with Crippen molar-refractivity contribution in [3.63, 3.8) is 0 Å². The minimum Gasteiger partial charge on any atom is -0.393 e. The molecule has 0 fully saturated rings. The molecule has 3 nitrogen and oxygen atoms in total. The number of hydrogen-bond acceptors (Lipinski definition) is 3. The number of hydrogen-bond donors (Lipinski definition) is 3. The molecule has 0 saturated heterocycles. The summed E-state index contributed by atoms with van der Waals surface area (Å²) in [6.07, 6.45) is 0.217. The van der Waals surface area contributed by atoms with E-state index in [0.717, 1.165) is 6.42 Å². The predicted molar refractivity (Wildman–Crippen MR) is 33.2 cm³/mol. The SMILES string of the molecule is CCCC(O)[C](O)CO. The minimum atomic E-state index is -0.847. The van der Waals surface area contributed by atoms with E-state index < -0.39 is 12.7 Å². The Bertz CT molecular complexity index is 65.3. The Labute approximate surface area is 54.9 Å². The van der Waals surface area contributed by atoms with Gasteiger partial charge in [0.1, 0.15) is 6.10 Å². The highest BCUT2D eigenvalue weighted by molar-refractivity contribution is 4.83. The van der Waals surface area contributed by atoms with E-state index in [1.165, 1.54) is 0 Å². The van der Waals surface area contributed by atoms with Gasteiger partial charge in [0, 0.05) is 0 Å². The van der Waals surface area contributed by atoms with Gasteiger partial charge in [-0.15, -0.1) is 0 Å². The van der Waals surface area contributed by atoms with Gasteiger partial charge in [0.25, 0.3) is 0 Å². The van der Waals surface area contributed by atoms with Crippen LogP contribution in [0.1, 0.15) is 19.8 Å². The molecule has 0 aliphatic carbocycles. The van der Waals surface area contributed by atoms with Crippen molar-refractivity contribution in [1.82, 2.24) is 0 Å². The lowest BCUT2D eigenvalue weighted by atomic mass is 10.1. The third kappa shape index (κ3) is 3.46. The summed E-state index contributed by atoms with van der Waals surface area (Å²) in [7, 11) is 0. The molecule has 0 aromatic heterocycles. The van der Waals surface area contributed by atoms with Gasteiger partial charge in [0.15, 0.2) is 0 Å². The lowest BCUT2D eigenvalue weighted by Crippen LogP contribution is -2.20. The fourth-order valence-electron chi connectivity index (χ4n) is 0.545. The molecular formula is C6H13O3. The van der Waals surface area contributed by atoms with Gasteiger partial charge >= 0.3 is 0 Å². The highest BCUT2D eigenvalue weighted by Gasteiger charge is 2.14. The maximum atomic E-state index is 8.87. The van der Waals surface area contributed by atoms with Gasteiger partial charge in [-0.25, -0.2) is 0 Å². The van der Waals surface area contributed by atoms with Gasteiger partial charge in [-0.2, -0.15) is 0 Å². The molecule has 0 amide bonds. The fourth-order valence-corrected chi connectivity index (χ4v) is 0.545. The molecular weight excluding hydrogens is 120 g/mol. The first-order valence-corrected chi connectivity index (χ1v) is 3.06. The summed E-state index contributed by atoms with van der Waals surface area (Å²) in [6, 6.07) is 0. The van der Waals surface area contributed by atoms with Crippen LogP contribution in [0.15, 0.2) is 0 Å². The zero-order valence-electron chi connectivity index (χ0n) is 5.54. The summed E-state index contributed by atoms with van der Waals surface area (Å²) < 4.78 is 0. The predicted octanol–water partition coefficient (Wildman–Crippen LogP) is 0.0442. The topological polar surface area (TPSA) is 60.7 Å². The van der Waals surface area contributed by atoms with E-state index in [9.17, 15) is 0 Å². The smallest absolute Gasteiger partial charge is 0.147 e.